The van der Waals surface area contributed by atoms with Gasteiger partial charge in [0.2, 0.25) is 5.95 Å². The van der Waals surface area contributed by atoms with Gasteiger partial charge in [0.05, 0.1) is 5.69 Å². The number of pyridine rings is 1. The molecular weight excluding hydrogens is 344 g/mol. The van der Waals surface area contributed by atoms with Crippen LogP contribution in [-0.2, 0) is 6.42 Å². The third-order valence-electron chi connectivity index (χ3n) is 4.62. The van der Waals surface area contributed by atoms with Crippen LogP contribution in [0.2, 0.25) is 0 Å². The second kappa shape index (κ2) is 8.33. The maximum Gasteiger partial charge on any atom is 0.225 e. The van der Waals surface area contributed by atoms with Gasteiger partial charge >= 0.3 is 0 Å². The average Bonchev–Trinajstić information content (AvgIpc) is 3.19. The van der Waals surface area contributed by atoms with Crippen LogP contribution >= 0.6 is 11.3 Å². The molecule has 1 fully saturated rings. The molecule has 1 aliphatic rings. The molecule has 0 unspecified atom stereocenters. The largest absolute Gasteiger partial charge is 0.341 e. The van der Waals surface area contributed by atoms with Crippen LogP contribution in [0, 0.1) is 0 Å². The Balaban J connectivity index is 1.22. The van der Waals surface area contributed by atoms with Crippen LogP contribution in [0.15, 0.2) is 48.4 Å². The van der Waals surface area contributed by atoms with Gasteiger partial charge in [-0.25, -0.2) is 15.0 Å². The first-order chi connectivity index (χ1) is 12.9. The number of nitrogens with one attached hydrogen (secondary N) is 1. The molecule has 6 nitrogen and oxygen atoms in total. The van der Waals surface area contributed by atoms with Gasteiger partial charge in [0.1, 0.15) is 5.01 Å². The number of anilines is 1. The van der Waals surface area contributed by atoms with Gasteiger partial charge in [-0.3, -0.25) is 4.98 Å². The van der Waals surface area contributed by atoms with E-state index in [1.807, 2.05) is 30.6 Å². The standard InChI is InChI=1S/C19H22N6S/c1-7-22-19(23-8-1)25-12-5-16(6-13-25)21-11-4-17-14-26-18(24-17)15-2-9-20-10-3-15/h1-3,7-10,14,16,21H,4-6,11-13H2. The van der Waals surface area contributed by atoms with Gasteiger partial charge in [0.25, 0.3) is 0 Å². The molecule has 0 bridgehead atoms. The highest BCUT2D eigenvalue weighted by molar-refractivity contribution is 7.13. The lowest BCUT2D eigenvalue weighted by atomic mass is 10.1. The van der Waals surface area contributed by atoms with Crippen molar-refractivity contribution in [2.75, 3.05) is 24.5 Å². The zero-order valence-electron chi connectivity index (χ0n) is 14.6. The van der Waals surface area contributed by atoms with Crippen molar-refractivity contribution in [2.45, 2.75) is 25.3 Å². The Hall–Kier alpha value is -2.38. The molecule has 0 amide bonds. The Morgan fingerprint density at radius 2 is 1.85 bits per heavy atom. The zero-order valence-corrected chi connectivity index (χ0v) is 15.4. The van der Waals surface area contributed by atoms with Crippen molar-refractivity contribution in [2.24, 2.45) is 0 Å². The molecule has 0 radical (unpaired) electrons. The van der Waals surface area contributed by atoms with Crippen molar-refractivity contribution in [1.82, 2.24) is 25.3 Å². The van der Waals surface area contributed by atoms with E-state index in [0.29, 0.717) is 6.04 Å². The van der Waals surface area contributed by atoms with Crippen molar-refractivity contribution in [1.29, 1.82) is 0 Å². The lowest BCUT2D eigenvalue weighted by Gasteiger charge is -2.32. The molecule has 3 aromatic heterocycles. The van der Waals surface area contributed by atoms with Gasteiger partial charge in [0.15, 0.2) is 0 Å². The molecule has 0 saturated carbocycles. The lowest BCUT2D eigenvalue weighted by Crippen LogP contribution is -2.43. The number of nitrogens with zero attached hydrogens (tertiary/aromatic N) is 5. The van der Waals surface area contributed by atoms with E-state index in [1.54, 1.807) is 23.7 Å². The molecule has 26 heavy (non-hydrogen) atoms. The zero-order chi connectivity index (χ0) is 17.6. The summed E-state index contributed by atoms with van der Waals surface area (Å²) in [4.78, 5) is 19.7. The molecule has 4 rings (SSSR count). The third kappa shape index (κ3) is 4.23. The van der Waals surface area contributed by atoms with Crippen molar-refractivity contribution in [3.05, 3.63) is 54.1 Å². The predicted octanol–water partition coefficient (Wildman–Crippen LogP) is 2.80. The van der Waals surface area contributed by atoms with E-state index < -0.39 is 0 Å². The fraction of sp³-hybridized carbons (Fsp3) is 0.368. The molecule has 0 aromatic carbocycles. The number of hydrogen-bond donors (Lipinski definition) is 1. The predicted molar refractivity (Wildman–Crippen MR) is 104 cm³/mol. The number of aromatic nitrogens is 4. The molecule has 0 spiro atoms. The Labute approximate surface area is 157 Å². The van der Waals surface area contributed by atoms with Crippen LogP contribution in [0.4, 0.5) is 5.95 Å². The van der Waals surface area contributed by atoms with Crippen LogP contribution in [0.3, 0.4) is 0 Å². The molecular formula is C19H22N6S. The van der Waals surface area contributed by atoms with Crippen LogP contribution in [-0.4, -0.2) is 45.6 Å². The van der Waals surface area contributed by atoms with E-state index in [9.17, 15) is 0 Å². The third-order valence-corrected chi connectivity index (χ3v) is 5.56. The summed E-state index contributed by atoms with van der Waals surface area (Å²) >= 11 is 1.70. The fourth-order valence-corrected chi connectivity index (χ4v) is 4.05. The molecule has 1 saturated heterocycles. The molecule has 0 aliphatic carbocycles. The van der Waals surface area contributed by atoms with E-state index in [1.165, 1.54) is 0 Å². The van der Waals surface area contributed by atoms with Crippen LogP contribution in [0.1, 0.15) is 18.5 Å². The molecule has 1 aliphatic heterocycles. The molecule has 3 aromatic rings. The summed E-state index contributed by atoms with van der Waals surface area (Å²) in [6.45, 7) is 2.97. The summed E-state index contributed by atoms with van der Waals surface area (Å²) in [6.07, 6.45) is 10.4. The Morgan fingerprint density at radius 1 is 1.08 bits per heavy atom. The van der Waals surface area contributed by atoms with E-state index in [-0.39, 0.29) is 0 Å². The van der Waals surface area contributed by atoms with Crippen molar-refractivity contribution >= 4 is 17.3 Å². The van der Waals surface area contributed by atoms with Crippen LogP contribution in [0.5, 0.6) is 0 Å². The molecule has 1 N–H and O–H groups in total. The Bertz CT molecular complexity index is 799. The number of rotatable bonds is 6. The summed E-state index contributed by atoms with van der Waals surface area (Å²) in [5, 5.41) is 6.91. The summed E-state index contributed by atoms with van der Waals surface area (Å²) in [7, 11) is 0. The first-order valence-corrected chi connectivity index (χ1v) is 9.86. The monoisotopic (exact) mass is 366 g/mol. The second-order valence-corrected chi connectivity index (χ2v) is 7.25. The first kappa shape index (κ1) is 17.1. The SMILES string of the molecule is c1cnc(N2CCC(NCCc3csc(-c4ccncc4)n3)CC2)nc1. The van der Waals surface area contributed by atoms with Gasteiger partial charge in [-0.2, -0.15) is 0 Å². The summed E-state index contributed by atoms with van der Waals surface area (Å²) in [5.74, 6) is 0.845. The van der Waals surface area contributed by atoms with Crippen molar-refractivity contribution < 1.29 is 0 Å². The smallest absolute Gasteiger partial charge is 0.225 e. The molecule has 7 heteroatoms. The molecule has 134 valence electrons. The maximum absolute atomic E-state index is 4.74. The van der Waals surface area contributed by atoms with Gasteiger partial charge in [-0.15, -0.1) is 11.3 Å². The van der Waals surface area contributed by atoms with Gasteiger partial charge in [-0.1, -0.05) is 0 Å². The van der Waals surface area contributed by atoms with E-state index >= 15 is 0 Å². The molecule has 0 atom stereocenters. The summed E-state index contributed by atoms with van der Waals surface area (Å²) in [6, 6.07) is 6.43. The normalized spacial score (nSPS) is 15.3. The highest BCUT2D eigenvalue weighted by Gasteiger charge is 2.20. The maximum atomic E-state index is 4.74. The number of hydrogen-bond acceptors (Lipinski definition) is 7. The summed E-state index contributed by atoms with van der Waals surface area (Å²) in [5.41, 5.74) is 2.30. The molecule has 4 heterocycles. The van der Waals surface area contributed by atoms with Crippen LogP contribution in [0.25, 0.3) is 10.6 Å². The minimum absolute atomic E-state index is 0.563. The van der Waals surface area contributed by atoms with Gasteiger partial charge in [-0.05, 0) is 31.0 Å². The first-order valence-electron chi connectivity index (χ1n) is 8.98. The Kier molecular flexibility index (Phi) is 5.47. The number of piperidine rings is 1. The van der Waals surface area contributed by atoms with E-state index in [2.05, 4.69) is 30.5 Å². The van der Waals surface area contributed by atoms with Crippen LogP contribution < -0.4 is 10.2 Å². The number of thiazole rings is 1. The van der Waals surface area contributed by atoms with E-state index in [4.69, 9.17) is 4.98 Å². The van der Waals surface area contributed by atoms with Crippen molar-refractivity contribution in [3.8, 4) is 10.6 Å². The van der Waals surface area contributed by atoms with Gasteiger partial charge in [0, 0.05) is 67.8 Å². The lowest BCUT2D eigenvalue weighted by molar-refractivity contribution is 0.414. The fourth-order valence-electron chi connectivity index (χ4n) is 3.19. The minimum atomic E-state index is 0.563. The van der Waals surface area contributed by atoms with Gasteiger partial charge < -0.3 is 10.2 Å². The van der Waals surface area contributed by atoms with Crippen molar-refractivity contribution in [3.63, 3.8) is 0 Å². The summed E-state index contributed by atoms with van der Waals surface area (Å²) < 4.78 is 0. The second-order valence-electron chi connectivity index (χ2n) is 6.39. The highest BCUT2D eigenvalue weighted by atomic mass is 32.1. The Morgan fingerprint density at radius 3 is 2.62 bits per heavy atom. The van der Waals surface area contributed by atoms with E-state index in [0.717, 1.165) is 61.1 Å². The quantitative estimate of drug-likeness (QED) is 0.724. The highest BCUT2D eigenvalue weighted by Crippen LogP contribution is 2.23. The average molecular weight is 366 g/mol. The minimum Gasteiger partial charge on any atom is -0.341 e. The topological polar surface area (TPSA) is 66.8 Å².